The van der Waals surface area contributed by atoms with Gasteiger partial charge in [0.2, 0.25) is 15.9 Å². The number of hydrogen-bond acceptors (Lipinski definition) is 4. The summed E-state index contributed by atoms with van der Waals surface area (Å²) in [4.78, 5) is 26.8. The number of nitrogens with zero attached hydrogens (tertiary/aromatic N) is 2. The molecule has 0 spiro atoms. The van der Waals surface area contributed by atoms with Crippen LogP contribution in [0.5, 0.6) is 0 Å². The number of hydrogen-bond donors (Lipinski definition) is 0. The molecule has 1 aliphatic heterocycles. The molecule has 0 aromatic heterocycles. The highest BCUT2D eigenvalue weighted by molar-refractivity contribution is 9.10. The van der Waals surface area contributed by atoms with Crippen LogP contribution >= 0.6 is 27.5 Å². The molecule has 1 atom stereocenters. The van der Waals surface area contributed by atoms with E-state index in [1.807, 2.05) is 0 Å². The van der Waals surface area contributed by atoms with Gasteiger partial charge in [0.05, 0.1) is 17.0 Å². The molecule has 146 valence electrons. The first-order chi connectivity index (χ1) is 13.3. The van der Waals surface area contributed by atoms with Crippen molar-refractivity contribution in [2.45, 2.75) is 36.2 Å². The van der Waals surface area contributed by atoms with Crippen LogP contribution in [0.4, 0.5) is 5.69 Å². The lowest BCUT2D eigenvalue weighted by atomic mass is 10.2. The van der Waals surface area contributed by atoms with Crippen LogP contribution < -0.4 is 4.90 Å². The Labute approximate surface area is 176 Å². The minimum atomic E-state index is -3.92. The quantitative estimate of drug-likeness (QED) is 0.609. The molecule has 9 heteroatoms. The van der Waals surface area contributed by atoms with Gasteiger partial charge in [-0.05, 0) is 61.4 Å². The predicted molar refractivity (Wildman–Crippen MR) is 109 cm³/mol. The van der Waals surface area contributed by atoms with Crippen molar-refractivity contribution in [1.29, 1.82) is 0 Å². The van der Waals surface area contributed by atoms with Crippen LogP contribution in [0.15, 0.2) is 57.9 Å². The van der Waals surface area contributed by atoms with Crippen molar-refractivity contribution < 1.29 is 18.0 Å². The third kappa shape index (κ3) is 3.50. The summed E-state index contributed by atoms with van der Waals surface area (Å²) in [7, 11) is -3.92. The molecule has 1 saturated heterocycles. The highest BCUT2D eigenvalue weighted by Crippen LogP contribution is 2.38. The molecule has 1 aliphatic carbocycles. The van der Waals surface area contributed by atoms with Crippen LogP contribution in [0.2, 0.25) is 5.02 Å². The third-order valence-corrected chi connectivity index (χ3v) is 7.57. The maximum atomic E-state index is 13.3. The number of carbonyl (C=O) groups excluding carboxylic acids is 2. The molecule has 4 rings (SSSR count). The smallest absolute Gasteiger partial charge is 0.252 e. The molecular formula is C19H16BrClN2O4S. The molecule has 1 unspecified atom stereocenters. The second-order valence-electron chi connectivity index (χ2n) is 6.78. The van der Waals surface area contributed by atoms with Gasteiger partial charge in [-0.25, -0.2) is 13.3 Å². The highest BCUT2D eigenvalue weighted by Gasteiger charge is 2.51. The van der Waals surface area contributed by atoms with Gasteiger partial charge in [-0.3, -0.25) is 9.59 Å². The summed E-state index contributed by atoms with van der Waals surface area (Å²) < 4.78 is 28.5. The Hall–Kier alpha value is -1.74. The molecule has 28 heavy (non-hydrogen) atoms. The van der Waals surface area contributed by atoms with Gasteiger partial charge in [0.15, 0.2) is 0 Å². The van der Waals surface area contributed by atoms with Crippen molar-refractivity contribution in [1.82, 2.24) is 4.31 Å². The van der Waals surface area contributed by atoms with Crippen molar-refractivity contribution in [2.24, 2.45) is 0 Å². The monoisotopic (exact) mass is 482 g/mol. The van der Waals surface area contributed by atoms with Crippen LogP contribution in [0, 0.1) is 0 Å². The van der Waals surface area contributed by atoms with Crippen molar-refractivity contribution in [2.75, 3.05) is 4.90 Å². The van der Waals surface area contributed by atoms with E-state index in [-0.39, 0.29) is 17.4 Å². The molecule has 0 radical (unpaired) electrons. The summed E-state index contributed by atoms with van der Waals surface area (Å²) in [6.45, 7) is 0. The zero-order valence-electron chi connectivity index (χ0n) is 14.6. The first kappa shape index (κ1) is 19.6. The van der Waals surface area contributed by atoms with E-state index in [0.717, 1.165) is 9.37 Å². The van der Waals surface area contributed by atoms with Crippen LogP contribution in [0.1, 0.15) is 19.3 Å². The molecule has 2 fully saturated rings. The lowest BCUT2D eigenvalue weighted by molar-refractivity contribution is -0.122. The summed E-state index contributed by atoms with van der Waals surface area (Å²) in [6.07, 6.45) is 1.18. The summed E-state index contributed by atoms with van der Waals surface area (Å²) in [6, 6.07) is 11.3. The predicted octanol–water partition coefficient (Wildman–Crippen LogP) is 3.59. The molecule has 2 aromatic carbocycles. The second-order valence-corrected chi connectivity index (χ2v) is 9.98. The molecule has 6 nitrogen and oxygen atoms in total. The van der Waals surface area contributed by atoms with E-state index in [9.17, 15) is 18.0 Å². The van der Waals surface area contributed by atoms with E-state index in [4.69, 9.17) is 11.6 Å². The van der Waals surface area contributed by atoms with Crippen molar-refractivity contribution in [3.05, 3.63) is 58.0 Å². The maximum absolute atomic E-state index is 13.3. The van der Waals surface area contributed by atoms with Gasteiger partial charge in [0.25, 0.3) is 5.91 Å². The Kier molecular flexibility index (Phi) is 5.07. The third-order valence-electron chi connectivity index (χ3n) is 4.81. The number of benzene rings is 2. The minimum Gasteiger partial charge on any atom is -0.274 e. The fourth-order valence-corrected chi connectivity index (χ4v) is 5.57. The van der Waals surface area contributed by atoms with Crippen LogP contribution in [-0.4, -0.2) is 36.6 Å². The Morgan fingerprint density at radius 1 is 1.00 bits per heavy atom. The largest absolute Gasteiger partial charge is 0.274 e. The van der Waals surface area contributed by atoms with E-state index < -0.39 is 27.9 Å². The van der Waals surface area contributed by atoms with E-state index >= 15 is 0 Å². The number of halogens is 2. The standard InChI is InChI=1S/C19H16BrClN2O4S/c20-12-1-9-16(10-2-12)28(26,27)23(15-7-8-15)17-11-18(24)22(19(17)25)14-5-3-13(21)4-6-14/h1-6,9-10,15,17H,7-8,11H2. The van der Waals surface area contributed by atoms with Gasteiger partial charge >= 0.3 is 0 Å². The highest BCUT2D eigenvalue weighted by atomic mass is 79.9. The molecule has 1 heterocycles. The molecule has 0 bridgehead atoms. The molecular weight excluding hydrogens is 468 g/mol. The number of carbonyl (C=O) groups is 2. The Bertz CT molecular complexity index is 1040. The van der Waals surface area contributed by atoms with Crippen LogP contribution in [0.25, 0.3) is 0 Å². The maximum Gasteiger partial charge on any atom is 0.252 e. The van der Waals surface area contributed by atoms with Gasteiger partial charge in [-0.15, -0.1) is 0 Å². The fraction of sp³-hybridized carbons (Fsp3) is 0.263. The average molecular weight is 484 g/mol. The molecule has 2 aromatic rings. The summed E-state index contributed by atoms with van der Waals surface area (Å²) >= 11 is 9.17. The lowest BCUT2D eigenvalue weighted by Crippen LogP contribution is -2.46. The molecule has 0 N–H and O–H groups in total. The van der Waals surface area contributed by atoms with Crippen molar-refractivity contribution in [3.8, 4) is 0 Å². The SMILES string of the molecule is O=C1CC(N(C2CC2)S(=O)(=O)c2ccc(Br)cc2)C(=O)N1c1ccc(Cl)cc1. The van der Waals surface area contributed by atoms with Gasteiger partial charge in [-0.2, -0.15) is 4.31 Å². The van der Waals surface area contributed by atoms with Gasteiger partial charge < -0.3 is 0 Å². The first-order valence-electron chi connectivity index (χ1n) is 8.70. The van der Waals surface area contributed by atoms with Crippen molar-refractivity contribution >= 4 is 55.1 Å². The summed E-state index contributed by atoms with van der Waals surface area (Å²) in [5, 5.41) is 0.483. The van der Waals surface area contributed by atoms with E-state index in [2.05, 4.69) is 15.9 Å². The van der Waals surface area contributed by atoms with Gasteiger partial charge in [-0.1, -0.05) is 27.5 Å². The second kappa shape index (κ2) is 7.26. The van der Waals surface area contributed by atoms with E-state index in [1.54, 1.807) is 36.4 Å². The summed E-state index contributed by atoms with van der Waals surface area (Å²) in [5.74, 6) is -0.950. The first-order valence-corrected chi connectivity index (χ1v) is 11.3. The van der Waals surface area contributed by atoms with Crippen LogP contribution in [-0.2, 0) is 19.6 Å². The average Bonchev–Trinajstić information content (AvgIpc) is 3.43. The minimum absolute atomic E-state index is 0.104. The van der Waals surface area contributed by atoms with Gasteiger partial charge in [0, 0.05) is 15.5 Å². The lowest BCUT2D eigenvalue weighted by Gasteiger charge is -2.26. The number of sulfonamides is 1. The normalized spacial score (nSPS) is 20.2. The van der Waals surface area contributed by atoms with E-state index in [1.165, 1.54) is 16.4 Å². The number of anilines is 1. The van der Waals surface area contributed by atoms with Crippen LogP contribution in [0.3, 0.4) is 0 Å². The zero-order chi connectivity index (χ0) is 20.1. The number of imide groups is 1. The molecule has 1 saturated carbocycles. The fourth-order valence-electron chi connectivity index (χ4n) is 3.35. The van der Waals surface area contributed by atoms with E-state index in [0.29, 0.717) is 23.6 Å². The Morgan fingerprint density at radius 3 is 2.18 bits per heavy atom. The molecule has 2 aliphatic rings. The Morgan fingerprint density at radius 2 is 1.61 bits per heavy atom. The topological polar surface area (TPSA) is 74.8 Å². The van der Waals surface area contributed by atoms with Crippen molar-refractivity contribution in [3.63, 3.8) is 0 Å². The number of rotatable bonds is 5. The van der Waals surface area contributed by atoms with Gasteiger partial charge in [0.1, 0.15) is 6.04 Å². The zero-order valence-corrected chi connectivity index (χ0v) is 17.7. The molecule has 2 amide bonds. The summed E-state index contributed by atoms with van der Waals surface area (Å²) in [5.41, 5.74) is 0.388. The number of amides is 2. The Balaban J connectivity index is 1.69.